The highest BCUT2D eigenvalue weighted by Crippen LogP contribution is 2.14. The summed E-state index contributed by atoms with van der Waals surface area (Å²) in [6.45, 7) is 8.35. The number of nitrogens with one attached hydrogen (secondary N) is 1. The summed E-state index contributed by atoms with van der Waals surface area (Å²) >= 11 is 0. The van der Waals surface area contributed by atoms with Gasteiger partial charge < -0.3 is 5.32 Å². The van der Waals surface area contributed by atoms with E-state index in [0.29, 0.717) is 6.04 Å². The van der Waals surface area contributed by atoms with Crippen LogP contribution in [0.3, 0.4) is 0 Å². The highest BCUT2D eigenvalue weighted by molar-refractivity contribution is 5.14. The first-order chi connectivity index (χ1) is 9.79. The molecule has 0 radical (unpaired) electrons. The third kappa shape index (κ3) is 4.92. The minimum atomic E-state index is 0.678. The second kappa shape index (κ2) is 8.43. The van der Waals surface area contributed by atoms with Crippen molar-refractivity contribution in [2.75, 3.05) is 19.6 Å². The van der Waals surface area contributed by atoms with Gasteiger partial charge in [0.05, 0.1) is 0 Å². The summed E-state index contributed by atoms with van der Waals surface area (Å²) in [6, 6.07) is 12.3. The molecule has 1 saturated heterocycles. The van der Waals surface area contributed by atoms with Crippen LogP contribution in [0.25, 0.3) is 0 Å². The fourth-order valence-electron chi connectivity index (χ4n) is 3.18. The summed E-state index contributed by atoms with van der Waals surface area (Å²) in [6.07, 6.45) is 6.41. The summed E-state index contributed by atoms with van der Waals surface area (Å²) in [5, 5.41) is 3.63. The summed E-state index contributed by atoms with van der Waals surface area (Å²) in [4.78, 5) is 2.69. The Morgan fingerprint density at radius 3 is 2.75 bits per heavy atom. The summed E-state index contributed by atoms with van der Waals surface area (Å²) in [5.41, 5.74) is 1.47. The fourth-order valence-corrected chi connectivity index (χ4v) is 3.18. The van der Waals surface area contributed by atoms with Gasteiger partial charge in [0, 0.05) is 18.6 Å². The number of aryl methyl sites for hydroxylation is 1. The zero-order chi connectivity index (χ0) is 14.2. The molecule has 2 rings (SSSR count). The predicted octanol–water partition coefficient (Wildman–Crippen LogP) is 3.47. The SMILES string of the molecule is CCCN(CC1CCCN1)C(C)CCc1ccccc1. The Bertz CT molecular complexity index is 357. The van der Waals surface area contributed by atoms with Crippen LogP contribution in [0, 0.1) is 0 Å². The van der Waals surface area contributed by atoms with Gasteiger partial charge in [-0.25, -0.2) is 0 Å². The topological polar surface area (TPSA) is 15.3 Å². The van der Waals surface area contributed by atoms with Crippen molar-refractivity contribution < 1.29 is 0 Å². The highest BCUT2D eigenvalue weighted by atomic mass is 15.2. The molecule has 1 N–H and O–H groups in total. The van der Waals surface area contributed by atoms with Crippen molar-refractivity contribution in [3.63, 3.8) is 0 Å². The molecule has 2 heteroatoms. The molecular weight excluding hydrogens is 244 g/mol. The van der Waals surface area contributed by atoms with E-state index in [4.69, 9.17) is 0 Å². The predicted molar refractivity (Wildman–Crippen MR) is 87.1 cm³/mol. The third-order valence-corrected chi connectivity index (χ3v) is 4.45. The smallest absolute Gasteiger partial charge is 0.0195 e. The summed E-state index contributed by atoms with van der Waals surface area (Å²) < 4.78 is 0. The fraction of sp³-hybridized carbons (Fsp3) is 0.667. The Balaban J connectivity index is 1.80. The molecule has 1 fully saturated rings. The average molecular weight is 274 g/mol. The van der Waals surface area contributed by atoms with Gasteiger partial charge in [-0.05, 0) is 57.7 Å². The largest absolute Gasteiger partial charge is 0.313 e. The van der Waals surface area contributed by atoms with E-state index in [1.165, 1.54) is 57.3 Å². The number of benzene rings is 1. The molecule has 2 nitrogen and oxygen atoms in total. The second-order valence-electron chi connectivity index (χ2n) is 6.16. The van der Waals surface area contributed by atoms with Gasteiger partial charge >= 0.3 is 0 Å². The van der Waals surface area contributed by atoms with Crippen molar-refractivity contribution in [1.29, 1.82) is 0 Å². The molecule has 1 aliphatic heterocycles. The summed E-state index contributed by atoms with van der Waals surface area (Å²) in [7, 11) is 0. The Morgan fingerprint density at radius 1 is 1.30 bits per heavy atom. The first-order valence-corrected chi connectivity index (χ1v) is 8.31. The zero-order valence-corrected chi connectivity index (χ0v) is 13.1. The Labute approximate surface area is 124 Å². The lowest BCUT2D eigenvalue weighted by Crippen LogP contribution is -2.42. The van der Waals surface area contributed by atoms with Crippen LogP contribution in [-0.2, 0) is 6.42 Å². The number of hydrogen-bond acceptors (Lipinski definition) is 2. The van der Waals surface area contributed by atoms with Gasteiger partial charge in [-0.3, -0.25) is 4.90 Å². The van der Waals surface area contributed by atoms with E-state index in [0.717, 1.165) is 6.04 Å². The van der Waals surface area contributed by atoms with Gasteiger partial charge in [-0.15, -0.1) is 0 Å². The molecule has 2 atom stereocenters. The lowest BCUT2D eigenvalue weighted by molar-refractivity contribution is 0.183. The van der Waals surface area contributed by atoms with Crippen LogP contribution in [0.15, 0.2) is 30.3 Å². The molecule has 1 aliphatic rings. The standard InChI is InChI=1S/C18H30N2/c1-3-14-20(15-18-10-7-13-19-18)16(2)11-12-17-8-5-4-6-9-17/h4-6,8-9,16,18-19H,3,7,10-15H2,1-2H3. The quantitative estimate of drug-likeness (QED) is 0.781. The molecule has 0 aromatic heterocycles. The van der Waals surface area contributed by atoms with Crippen LogP contribution in [0.5, 0.6) is 0 Å². The molecule has 0 bridgehead atoms. The molecule has 0 saturated carbocycles. The first-order valence-electron chi connectivity index (χ1n) is 8.31. The van der Waals surface area contributed by atoms with Crippen LogP contribution in [0.2, 0.25) is 0 Å². The van der Waals surface area contributed by atoms with E-state index in [1.54, 1.807) is 0 Å². The molecule has 1 aromatic rings. The molecule has 2 unspecified atom stereocenters. The molecule has 1 heterocycles. The van der Waals surface area contributed by atoms with Crippen LogP contribution in [0.4, 0.5) is 0 Å². The minimum absolute atomic E-state index is 0.678. The van der Waals surface area contributed by atoms with Crippen molar-refractivity contribution in [3.8, 4) is 0 Å². The normalized spacial score (nSPS) is 20.4. The van der Waals surface area contributed by atoms with Gasteiger partial charge in [-0.2, -0.15) is 0 Å². The molecular formula is C18H30N2. The number of hydrogen-bond donors (Lipinski definition) is 1. The van der Waals surface area contributed by atoms with Crippen molar-refractivity contribution in [2.24, 2.45) is 0 Å². The van der Waals surface area contributed by atoms with E-state index < -0.39 is 0 Å². The second-order valence-corrected chi connectivity index (χ2v) is 6.16. The monoisotopic (exact) mass is 274 g/mol. The molecule has 0 amide bonds. The molecule has 0 spiro atoms. The summed E-state index contributed by atoms with van der Waals surface area (Å²) in [5.74, 6) is 0. The molecule has 112 valence electrons. The molecule has 1 aromatic carbocycles. The first kappa shape index (κ1) is 15.5. The Hall–Kier alpha value is -0.860. The van der Waals surface area contributed by atoms with Crippen LogP contribution >= 0.6 is 0 Å². The maximum absolute atomic E-state index is 3.63. The van der Waals surface area contributed by atoms with Crippen molar-refractivity contribution >= 4 is 0 Å². The van der Waals surface area contributed by atoms with E-state index >= 15 is 0 Å². The van der Waals surface area contributed by atoms with Gasteiger partial charge in [0.1, 0.15) is 0 Å². The van der Waals surface area contributed by atoms with Crippen molar-refractivity contribution in [2.45, 2.75) is 58.0 Å². The van der Waals surface area contributed by atoms with E-state index in [2.05, 4.69) is 54.4 Å². The van der Waals surface area contributed by atoms with E-state index in [-0.39, 0.29) is 0 Å². The van der Waals surface area contributed by atoms with Crippen molar-refractivity contribution in [3.05, 3.63) is 35.9 Å². The average Bonchev–Trinajstić information content (AvgIpc) is 2.98. The Kier molecular flexibility index (Phi) is 6.55. The molecule has 20 heavy (non-hydrogen) atoms. The van der Waals surface area contributed by atoms with Crippen LogP contribution < -0.4 is 5.32 Å². The highest BCUT2D eigenvalue weighted by Gasteiger charge is 2.20. The van der Waals surface area contributed by atoms with Crippen LogP contribution in [0.1, 0.15) is 45.1 Å². The van der Waals surface area contributed by atoms with Crippen molar-refractivity contribution in [1.82, 2.24) is 10.2 Å². The zero-order valence-electron chi connectivity index (χ0n) is 13.1. The lowest BCUT2D eigenvalue weighted by atomic mass is 10.0. The molecule has 0 aliphatic carbocycles. The van der Waals surface area contributed by atoms with Gasteiger partial charge in [0.25, 0.3) is 0 Å². The Morgan fingerprint density at radius 2 is 2.10 bits per heavy atom. The number of rotatable bonds is 8. The van der Waals surface area contributed by atoms with Gasteiger partial charge in [0.2, 0.25) is 0 Å². The van der Waals surface area contributed by atoms with Gasteiger partial charge in [0.15, 0.2) is 0 Å². The lowest BCUT2D eigenvalue weighted by Gasteiger charge is -2.31. The van der Waals surface area contributed by atoms with E-state index in [1.807, 2.05) is 0 Å². The number of nitrogens with zero attached hydrogens (tertiary/aromatic N) is 1. The minimum Gasteiger partial charge on any atom is -0.313 e. The van der Waals surface area contributed by atoms with E-state index in [9.17, 15) is 0 Å². The van der Waals surface area contributed by atoms with Crippen LogP contribution in [-0.4, -0.2) is 36.6 Å². The maximum atomic E-state index is 3.63. The van der Waals surface area contributed by atoms with Gasteiger partial charge in [-0.1, -0.05) is 37.3 Å². The third-order valence-electron chi connectivity index (χ3n) is 4.45. The maximum Gasteiger partial charge on any atom is 0.0195 e.